The zero-order chi connectivity index (χ0) is 20.9. The predicted molar refractivity (Wildman–Crippen MR) is 131 cm³/mol. The zero-order valence-electron chi connectivity index (χ0n) is 18.1. The second-order valence-electron chi connectivity index (χ2n) is 7.47. The number of aliphatic imine (C=N–C) groups is 1. The molecule has 9 heteroatoms. The minimum Gasteiger partial charge on any atom is -0.461 e. The predicted octanol–water partition coefficient (Wildman–Crippen LogP) is 3.49. The van der Waals surface area contributed by atoms with E-state index in [0.717, 1.165) is 24.9 Å². The van der Waals surface area contributed by atoms with Gasteiger partial charge in [0.05, 0.1) is 19.4 Å². The van der Waals surface area contributed by atoms with Crippen molar-refractivity contribution >= 4 is 29.9 Å². The highest BCUT2D eigenvalue weighted by molar-refractivity contribution is 14.0. The van der Waals surface area contributed by atoms with Gasteiger partial charge in [0.2, 0.25) is 5.82 Å². The Morgan fingerprint density at radius 2 is 2.19 bits per heavy atom. The van der Waals surface area contributed by atoms with Gasteiger partial charge in [0.25, 0.3) is 0 Å². The van der Waals surface area contributed by atoms with Gasteiger partial charge in [0.1, 0.15) is 11.9 Å². The molecular weight excluding hydrogens is 507 g/mol. The van der Waals surface area contributed by atoms with Crippen LogP contribution in [0.1, 0.15) is 28.6 Å². The zero-order valence-corrected chi connectivity index (χ0v) is 20.4. The van der Waals surface area contributed by atoms with Crippen LogP contribution in [0.4, 0.5) is 0 Å². The Kier molecular flexibility index (Phi) is 8.08. The van der Waals surface area contributed by atoms with Crippen molar-refractivity contribution in [2.45, 2.75) is 26.4 Å². The molecule has 0 saturated carbocycles. The Morgan fingerprint density at radius 1 is 1.32 bits per heavy atom. The molecule has 8 nitrogen and oxygen atoms in total. The lowest BCUT2D eigenvalue weighted by Crippen LogP contribution is -2.48. The Morgan fingerprint density at radius 3 is 2.94 bits per heavy atom. The number of benzene rings is 1. The second kappa shape index (κ2) is 10.8. The fourth-order valence-electron chi connectivity index (χ4n) is 3.76. The molecule has 1 atom stereocenters. The van der Waals surface area contributed by atoms with Crippen LogP contribution in [0.3, 0.4) is 0 Å². The number of morpholine rings is 1. The van der Waals surface area contributed by atoms with Crippen LogP contribution in [0.2, 0.25) is 0 Å². The number of rotatable bonds is 5. The summed E-state index contributed by atoms with van der Waals surface area (Å²) in [7, 11) is 1.81. The highest BCUT2D eigenvalue weighted by Crippen LogP contribution is 2.26. The Labute approximate surface area is 199 Å². The molecule has 4 rings (SSSR count). The Balaban J connectivity index is 0.00000272. The van der Waals surface area contributed by atoms with Gasteiger partial charge in [-0.1, -0.05) is 23.8 Å². The van der Waals surface area contributed by atoms with E-state index in [1.165, 1.54) is 16.7 Å². The number of halogens is 1. The molecule has 0 radical (unpaired) electrons. The van der Waals surface area contributed by atoms with Crippen LogP contribution < -0.4 is 5.32 Å². The monoisotopic (exact) mass is 536 g/mol. The van der Waals surface area contributed by atoms with E-state index in [-0.39, 0.29) is 30.1 Å². The molecule has 0 aliphatic carbocycles. The van der Waals surface area contributed by atoms with E-state index in [4.69, 9.17) is 9.15 Å². The van der Waals surface area contributed by atoms with Gasteiger partial charge in [-0.15, -0.1) is 24.0 Å². The van der Waals surface area contributed by atoms with Crippen molar-refractivity contribution in [3.8, 4) is 11.6 Å². The van der Waals surface area contributed by atoms with E-state index in [0.29, 0.717) is 31.2 Å². The van der Waals surface area contributed by atoms with Crippen molar-refractivity contribution in [1.29, 1.82) is 0 Å². The molecule has 0 bridgehead atoms. The molecule has 1 aromatic carbocycles. The molecule has 1 aliphatic heterocycles. The summed E-state index contributed by atoms with van der Waals surface area (Å²) in [5.41, 5.74) is 3.78. The van der Waals surface area contributed by atoms with E-state index >= 15 is 0 Å². The van der Waals surface area contributed by atoms with Gasteiger partial charge in [-0.05, 0) is 37.1 Å². The first-order chi connectivity index (χ1) is 14.6. The molecule has 1 fully saturated rings. The Hall–Kier alpha value is -2.40. The van der Waals surface area contributed by atoms with Crippen LogP contribution in [0.25, 0.3) is 11.6 Å². The number of hydrogen-bond donors (Lipinski definition) is 2. The maximum absolute atomic E-state index is 6.06. The minimum absolute atomic E-state index is 0. The molecular formula is C22H29IN6O2. The number of aryl methyl sites for hydroxylation is 2. The SMILES string of the molecule is CN=C(NCCc1nc(-c2ccco2)n[nH]1)N1CCOC(c2ccc(C)cc2C)C1.I. The molecule has 3 heterocycles. The number of aromatic nitrogens is 3. The van der Waals surface area contributed by atoms with Crippen molar-refractivity contribution in [2.75, 3.05) is 33.3 Å². The number of furan rings is 1. The van der Waals surface area contributed by atoms with Gasteiger partial charge in [-0.25, -0.2) is 4.98 Å². The number of aromatic amines is 1. The van der Waals surface area contributed by atoms with Gasteiger partial charge >= 0.3 is 0 Å². The van der Waals surface area contributed by atoms with Gasteiger partial charge < -0.3 is 19.4 Å². The summed E-state index contributed by atoms with van der Waals surface area (Å²) in [6.45, 7) is 7.22. The van der Waals surface area contributed by atoms with Gasteiger partial charge in [-0.3, -0.25) is 10.1 Å². The Bertz CT molecular complexity index is 1000. The third kappa shape index (κ3) is 5.65. The number of guanidine groups is 1. The molecule has 2 aromatic heterocycles. The van der Waals surface area contributed by atoms with E-state index in [1.54, 1.807) is 6.26 Å². The fourth-order valence-corrected chi connectivity index (χ4v) is 3.76. The number of ether oxygens (including phenoxy) is 1. The lowest BCUT2D eigenvalue weighted by atomic mass is 10.00. The fraction of sp³-hybridized carbons (Fsp3) is 0.409. The van der Waals surface area contributed by atoms with Gasteiger partial charge in [-0.2, -0.15) is 5.10 Å². The van der Waals surface area contributed by atoms with E-state index < -0.39 is 0 Å². The van der Waals surface area contributed by atoms with Crippen LogP contribution in [-0.2, 0) is 11.2 Å². The molecule has 0 amide bonds. The highest BCUT2D eigenvalue weighted by Gasteiger charge is 2.25. The summed E-state index contributed by atoms with van der Waals surface area (Å²) >= 11 is 0. The first-order valence-electron chi connectivity index (χ1n) is 10.2. The third-order valence-electron chi connectivity index (χ3n) is 5.27. The van der Waals surface area contributed by atoms with Crippen molar-refractivity contribution in [2.24, 2.45) is 4.99 Å². The first-order valence-corrected chi connectivity index (χ1v) is 10.2. The number of nitrogens with zero attached hydrogens (tertiary/aromatic N) is 4. The topological polar surface area (TPSA) is 91.6 Å². The average molecular weight is 536 g/mol. The minimum atomic E-state index is 0. The van der Waals surface area contributed by atoms with Gasteiger partial charge in [0.15, 0.2) is 11.7 Å². The lowest BCUT2D eigenvalue weighted by Gasteiger charge is -2.35. The van der Waals surface area contributed by atoms with Crippen LogP contribution >= 0.6 is 24.0 Å². The summed E-state index contributed by atoms with van der Waals surface area (Å²) in [4.78, 5) is 11.2. The maximum atomic E-state index is 6.06. The highest BCUT2D eigenvalue weighted by atomic mass is 127. The molecule has 166 valence electrons. The molecule has 3 aromatic rings. The molecule has 31 heavy (non-hydrogen) atoms. The average Bonchev–Trinajstić information content (AvgIpc) is 3.43. The maximum Gasteiger partial charge on any atom is 0.216 e. The van der Waals surface area contributed by atoms with Gasteiger partial charge in [0, 0.05) is 26.6 Å². The van der Waals surface area contributed by atoms with Crippen LogP contribution in [0.5, 0.6) is 0 Å². The van der Waals surface area contributed by atoms with Crippen LogP contribution in [0, 0.1) is 13.8 Å². The largest absolute Gasteiger partial charge is 0.461 e. The molecule has 0 spiro atoms. The van der Waals surface area contributed by atoms with Crippen LogP contribution in [0.15, 0.2) is 46.0 Å². The van der Waals surface area contributed by atoms with E-state index in [2.05, 4.69) is 62.4 Å². The summed E-state index contributed by atoms with van der Waals surface area (Å²) in [6.07, 6.45) is 2.37. The molecule has 2 N–H and O–H groups in total. The second-order valence-corrected chi connectivity index (χ2v) is 7.47. The number of hydrogen-bond acceptors (Lipinski definition) is 5. The van der Waals surface area contributed by atoms with E-state index in [9.17, 15) is 0 Å². The lowest BCUT2D eigenvalue weighted by molar-refractivity contribution is -0.00830. The van der Waals surface area contributed by atoms with Crippen molar-refractivity contribution in [3.63, 3.8) is 0 Å². The molecule has 1 saturated heterocycles. The summed E-state index contributed by atoms with van der Waals surface area (Å²) in [5, 5.41) is 10.6. The van der Waals surface area contributed by atoms with Crippen LogP contribution in [-0.4, -0.2) is 59.3 Å². The number of H-pyrrole nitrogens is 1. The van der Waals surface area contributed by atoms with Crippen molar-refractivity contribution < 1.29 is 9.15 Å². The quantitative estimate of drug-likeness (QED) is 0.295. The summed E-state index contributed by atoms with van der Waals surface area (Å²) in [6, 6.07) is 10.2. The van der Waals surface area contributed by atoms with E-state index in [1.807, 2.05) is 19.2 Å². The smallest absolute Gasteiger partial charge is 0.216 e. The number of nitrogens with one attached hydrogen (secondary N) is 2. The third-order valence-corrected chi connectivity index (χ3v) is 5.27. The molecule has 1 aliphatic rings. The summed E-state index contributed by atoms with van der Waals surface area (Å²) in [5.74, 6) is 2.91. The summed E-state index contributed by atoms with van der Waals surface area (Å²) < 4.78 is 11.4. The first kappa shape index (κ1) is 23.3. The van der Waals surface area contributed by atoms with Crippen molar-refractivity contribution in [1.82, 2.24) is 25.4 Å². The normalized spacial score (nSPS) is 16.8. The standard InChI is InChI=1S/C22H28N6O2.HI/c1-15-6-7-17(16(2)13-15)19-14-28(10-12-30-19)22(23-3)24-9-8-20-25-21(27-26-20)18-5-4-11-29-18;/h4-7,11,13,19H,8-10,12,14H2,1-3H3,(H,23,24)(H,25,26,27);1H. The molecule has 1 unspecified atom stereocenters. The van der Waals surface area contributed by atoms with Crippen molar-refractivity contribution in [3.05, 3.63) is 59.1 Å².